The topological polar surface area (TPSA) is 115 Å². The number of imidazole rings is 1. The first-order valence-corrected chi connectivity index (χ1v) is 14.9. The van der Waals surface area contributed by atoms with Gasteiger partial charge in [-0.2, -0.15) is 0 Å². The molecule has 0 radical (unpaired) electrons. The quantitative estimate of drug-likeness (QED) is 0.262. The molecule has 1 aliphatic heterocycles. The minimum atomic E-state index is -0.644. The van der Waals surface area contributed by atoms with Gasteiger partial charge in [0.1, 0.15) is 5.69 Å². The van der Waals surface area contributed by atoms with Crippen molar-refractivity contribution in [1.82, 2.24) is 29.7 Å². The minimum Gasteiger partial charge on any atom is -0.377 e. The Morgan fingerprint density at radius 1 is 1.07 bits per heavy atom. The van der Waals surface area contributed by atoms with Gasteiger partial charge in [-0.1, -0.05) is 66.9 Å². The number of morpholine rings is 1. The van der Waals surface area contributed by atoms with Crippen LogP contribution in [0.15, 0.2) is 64.2 Å². The number of nitrogens with zero attached hydrogens (tertiary/aromatic N) is 6. The fourth-order valence-electron chi connectivity index (χ4n) is 6.30. The van der Waals surface area contributed by atoms with E-state index < -0.39 is 5.76 Å². The monoisotopic (exact) mass is 585 g/mol. The van der Waals surface area contributed by atoms with Crippen LogP contribution in [-0.4, -0.2) is 49.4 Å². The molecule has 1 saturated carbocycles. The summed E-state index contributed by atoms with van der Waals surface area (Å²) < 4.78 is 13.1. The van der Waals surface area contributed by atoms with Crippen LogP contribution in [-0.2, 0) is 11.3 Å². The number of anilines is 1. The van der Waals surface area contributed by atoms with Gasteiger partial charge < -0.3 is 14.2 Å². The predicted molar refractivity (Wildman–Crippen MR) is 160 cm³/mol. The van der Waals surface area contributed by atoms with Crippen molar-refractivity contribution < 1.29 is 9.26 Å². The molecule has 2 fully saturated rings. The maximum atomic E-state index is 11.8. The number of ether oxygens (including phenoxy) is 1. The average molecular weight is 586 g/mol. The normalized spacial score (nSPS) is 21.2. The summed E-state index contributed by atoms with van der Waals surface area (Å²) in [7, 11) is 0. The Hall–Kier alpha value is -4.02. The Bertz CT molecular complexity index is 1760. The number of nitrogens with one attached hydrogen (secondary N) is 1. The van der Waals surface area contributed by atoms with Gasteiger partial charge in [0, 0.05) is 31.0 Å². The molecule has 0 spiro atoms. The molecule has 1 saturated heterocycles. The van der Waals surface area contributed by atoms with E-state index >= 15 is 0 Å². The number of H-pyrrole nitrogens is 1. The molecule has 216 valence electrons. The summed E-state index contributed by atoms with van der Waals surface area (Å²) in [6.45, 7) is 5.05. The number of pyridine rings is 2. The average Bonchev–Trinajstić information content (AvgIpc) is 3.62. The number of fused-ring (bicyclic) bond motifs is 1. The Labute approximate surface area is 247 Å². The first-order valence-electron chi connectivity index (χ1n) is 14.5. The van der Waals surface area contributed by atoms with Crippen molar-refractivity contribution in [3.05, 3.63) is 76.0 Å². The first kappa shape index (κ1) is 26.9. The second-order valence-corrected chi connectivity index (χ2v) is 11.8. The third-order valence-corrected chi connectivity index (χ3v) is 8.72. The molecule has 1 atom stereocenters. The Morgan fingerprint density at radius 3 is 2.67 bits per heavy atom. The zero-order valence-electron chi connectivity index (χ0n) is 23.4. The molecule has 0 bridgehead atoms. The highest BCUT2D eigenvalue weighted by Crippen LogP contribution is 2.39. The number of aromatic amines is 1. The molecule has 10 nitrogen and oxygen atoms in total. The van der Waals surface area contributed by atoms with Crippen LogP contribution in [0.3, 0.4) is 0 Å². The van der Waals surface area contributed by atoms with Gasteiger partial charge in [-0.15, -0.1) is 0 Å². The van der Waals surface area contributed by atoms with Crippen LogP contribution in [0.2, 0.25) is 5.02 Å². The summed E-state index contributed by atoms with van der Waals surface area (Å²) in [6, 6.07) is 14.2. The molecular weight excluding hydrogens is 554 g/mol. The molecular formula is C31H32ClN7O3. The number of rotatable bonds is 6. The molecule has 2 aliphatic rings. The highest BCUT2D eigenvalue weighted by molar-refractivity contribution is 6.30. The van der Waals surface area contributed by atoms with E-state index in [1.807, 2.05) is 18.2 Å². The molecule has 0 amide bonds. The number of benzene rings is 1. The molecule has 42 heavy (non-hydrogen) atoms. The lowest BCUT2D eigenvalue weighted by atomic mass is 9.83. The fraction of sp³-hybridized carbons (Fsp3) is 0.387. The number of hydrogen-bond acceptors (Lipinski definition) is 8. The summed E-state index contributed by atoms with van der Waals surface area (Å²) >= 11 is 6.42. The van der Waals surface area contributed by atoms with E-state index in [0.717, 1.165) is 35.0 Å². The van der Waals surface area contributed by atoms with Crippen molar-refractivity contribution in [2.75, 3.05) is 24.7 Å². The molecule has 7 rings (SSSR count). The molecule has 5 aromatic rings. The first-order chi connectivity index (χ1) is 20.5. The Morgan fingerprint density at radius 2 is 1.90 bits per heavy atom. The third kappa shape index (κ3) is 5.20. The van der Waals surface area contributed by atoms with Crippen molar-refractivity contribution in [2.24, 2.45) is 11.8 Å². The molecule has 5 heterocycles. The zero-order valence-corrected chi connectivity index (χ0v) is 24.1. The fourth-order valence-corrected chi connectivity index (χ4v) is 6.48. The highest BCUT2D eigenvalue weighted by Gasteiger charge is 2.32. The zero-order chi connectivity index (χ0) is 28.6. The lowest BCUT2D eigenvalue weighted by molar-refractivity contribution is 0.0927. The summed E-state index contributed by atoms with van der Waals surface area (Å²) in [5, 5.41) is 4.41. The summed E-state index contributed by atoms with van der Waals surface area (Å²) in [4.78, 5) is 31.5. The number of aromatic nitrogens is 6. The van der Waals surface area contributed by atoms with Gasteiger partial charge in [0.05, 0.1) is 41.0 Å². The second kappa shape index (κ2) is 11.3. The van der Waals surface area contributed by atoms with E-state index in [-0.39, 0.29) is 11.9 Å². The van der Waals surface area contributed by atoms with E-state index in [9.17, 15) is 4.79 Å². The maximum Gasteiger partial charge on any atom is 0.439 e. The largest absolute Gasteiger partial charge is 0.439 e. The van der Waals surface area contributed by atoms with Crippen LogP contribution in [0.25, 0.3) is 33.8 Å². The van der Waals surface area contributed by atoms with Gasteiger partial charge in [-0.25, -0.2) is 14.8 Å². The summed E-state index contributed by atoms with van der Waals surface area (Å²) in [6.07, 6.45) is 8.15. The number of halogens is 1. The van der Waals surface area contributed by atoms with Crippen molar-refractivity contribution in [3.63, 3.8) is 0 Å². The van der Waals surface area contributed by atoms with E-state index in [1.165, 1.54) is 31.2 Å². The van der Waals surface area contributed by atoms with Crippen LogP contribution < -0.4 is 10.7 Å². The van der Waals surface area contributed by atoms with Gasteiger partial charge >= 0.3 is 5.76 Å². The van der Waals surface area contributed by atoms with E-state index in [4.69, 9.17) is 30.8 Å². The smallest absolute Gasteiger partial charge is 0.377 e. The van der Waals surface area contributed by atoms with Crippen LogP contribution in [0.1, 0.15) is 44.2 Å². The molecule has 11 heteroatoms. The lowest BCUT2D eigenvalue weighted by Crippen LogP contribution is -2.41. The van der Waals surface area contributed by atoms with Gasteiger partial charge in [0.2, 0.25) is 11.8 Å². The lowest BCUT2D eigenvalue weighted by Gasteiger charge is -2.37. The van der Waals surface area contributed by atoms with Crippen molar-refractivity contribution in [1.29, 1.82) is 0 Å². The molecule has 0 unspecified atom stereocenters. The van der Waals surface area contributed by atoms with E-state index in [2.05, 4.69) is 55.8 Å². The number of hydrogen-bond donors (Lipinski definition) is 1. The van der Waals surface area contributed by atoms with Crippen LogP contribution >= 0.6 is 11.6 Å². The van der Waals surface area contributed by atoms with Crippen molar-refractivity contribution in [3.8, 4) is 22.8 Å². The maximum absolute atomic E-state index is 11.8. The predicted octanol–water partition coefficient (Wildman–Crippen LogP) is 5.89. The van der Waals surface area contributed by atoms with E-state index in [0.29, 0.717) is 42.1 Å². The van der Waals surface area contributed by atoms with Crippen LogP contribution in [0, 0.1) is 11.8 Å². The summed E-state index contributed by atoms with van der Waals surface area (Å²) in [5.74, 6) is 1.75. The van der Waals surface area contributed by atoms with Gasteiger partial charge in [-0.3, -0.25) is 14.5 Å². The van der Waals surface area contributed by atoms with Gasteiger partial charge in [-0.05, 0) is 42.4 Å². The van der Waals surface area contributed by atoms with Crippen LogP contribution in [0.5, 0.6) is 0 Å². The van der Waals surface area contributed by atoms with Crippen molar-refractivity contribution in [2.45, 2.75) is 45.2 Å². The van der Waals surface area contributed by atoms with Crippen LogP contribution in [0.4, 0.5) is 5.95 Å². The molecule has 1 N–H and O–H groups in total. The third-order valence-electron chi connectivity index (χ3n) is 8.51. The Balaban J connectivity index is 1.45. The Kier molecular flexibility index (Phi) is 7.25. The second-order valence-electron chi connectivity index (χ2n) is 11.4. The highest BCUT2D eigenvalue weighted by atomic mass is 35.5. The molecule has 1 aromatic carbocycles. The van der Waals surface area contributed by atoms with Crippen molar-refractivity contribution >= 4 is 28.6 Å². The van der Waals surface area contributed by atoms with Gasteiger partial charge in [0.25, 0.3) is 0 Å². The molecule has 4 aromatic heterocycles. The minimum absolute atomic E-state index is 0.0116. The SMILES string of the molecule is CC1CCC(Cn2c(N3CCOC[C@H]3c3ccccc3)nc3cc(-c4noc(=O)[nH]4)nc(-c4cncc(Cl)c4)c32)CC1. The van der Waals surface area contributed by atoms with Gasteiger partial charge in [0.15, 0.2) is 0 Å². The summed E-state index contributed by atoms with van der Waals surface area (Å²) in [5.41, 5.74) is 4.71. The standard InChI is InChI=1S/C31H32ClN7O3/c1-19-7-9-20(10-8-19)17-39-28-24(35-30(39)38-11-12-41-18-26(38)21-5-3-2-4-6-21)14-25(29-36-31(40)42-37-29)34-27(28)22-13-23(32)16-33-15-22/h2-6,13-16,19-20,26H,7-12,17-18H2,1H3,(H,36,37,40)/t19?,20?,26-/m0/s1. The molecule has 1 aliphatic carbocycles. The van der Waals surface area contributed by atoms with E-state index in [1.54, 1.807) is 12.4 Å².